The second kappa shape index (κ2) is 5.79. The van der Waals surface area contributed by atoms with E-state index >= 15 is 0 Å². The monoisotopic (exact) mass is 230 g/mol. The van der Waals surface area contributed by atoms with Crippen molar-refractivity contribution in [2.45, 2.75) is 18.6 Å². The highest BCUT2D eigenvalue weighted by Crippen LogP contribution is 2.28. The van der Waals surface area contributed by atoms with Gasteiger partial charge < -0.3 is 20.1 Å². The van der Waals surface area contributed by atoms with Crippen molar-refractivity contribution in [1.82, 2.24) is 0 Å². The maximum absolute atomic E-state index is 12.9. The molecule has 1 rings (SSSR count). The third kappa shape index (κ3) is 2.91. The van der Waals surface area contributed by atoms with Crippen molar-refractivity contribution in [3.63, 3.8) is 0 Å². The number of halogens is 1. The van der Waals surface area contributed by atoms with Gasteiger partial charge in [0.15, 0.2) is 0 Å². The molecule has 90 valence electrons. The van der Waals surface area contributed by atoms with E-state index in [4.69, 9.17) is 9.84 Å². The van der Waals surface area contributed by atoms with Crippen molar-refractivity contribution in [3.05, 3.63) is 29.6 Å². The Hall–Kier alpha value is -1.17. The lowest BCUT2D eigenvalue weighted by Gasteiger charge is -2.19. The molecule has 0 fully saturated rings. The molecule has 3 N–H and O–H groups in total. The van der Waals surface area contributed by atoms with E-state index in [0.29, 0.717) is 5.56 Å². The molecule has 0 aromatic heterocycles. The summed E-state index contributed by atoms with van der Waals surface area (Å²) in [7, 11) is 1.35. The van der Waals surface area contributed by atoms with E-state index in [2.05, 4.69) is 0 Å². The van der Waals surface area contributed by atoms with E-state index in [9.17, 15) is 14.6 Å². The summed E-state index contributed by atoms with van der Waals surface area (Å²) in [4.78, 5) is 0. The summed E-state index contributed by atoms with van der Waals surface area (Å²) in [6, 6.07) is 3.65. The molecule has 0 bridgehead atoms. The number of aliphatic hydroxyl groups is 3. The molecule has 0 aliphatic rings. The number of aliphatic hydroxyl groups excluding tert-OH is 3. The minimum atomic E-state index is -1.21. The van der Waals surface area contributed by atoms with Gasteiger partial charge in [0.2, 0.25) is 0 Å². The van der Waals surface area contributed by atoms with Gasteiger partial charge in [-0.15, -0.1) is 0 Å². The van der Waals surface area contributed by atoms with Crippen LogP contribution in [0.2, 0.25) is 0 Å². The number of ether oxygens (including phenoxy) is 1. The predicted molar refractivity (Wildman–Crippen MR) is 55.6 cm³/mol. The van der Waals surface area contributed by atoms with Crippen molar-refractivity contribution in [1.29, 1.82) is 0 Å². The summed E-state index contributed by atoms with van der Waals surface area (Å²) in [6.45, 7) is -0.234. The van der Waals surface area contributed by atoms with Crippen LogP contribution in [0.4, 0.5) is 4.39 Å². The van der Waals surface area contributed by atoms with Crippen LogP contribution in [0.5, 0.6) is 5.75 Å². The Bertz CT molecular complexity index is 343. The molecule has 0 aliphatic heterocycles. The second-order valence-electron chi connectivity index (χ2n) is 3.41. The van der Waals surface area contributed by atoms with Crippen molar-refractivity contribution < 1.29 is 24.4 Å². The van der Waals surface area contributed by atoms with Gasteiger partial charge in [0.05, 0.1) is 13.2 Å². The maximum Gasteiger partial charge on any atom is 0.127 e. The molecule has 0 saturated carbocycles. The largest absolute Gasteiger partial charge is 0.496 e. The lowest BCUT2D eigenvalue weighted by molar-refractivity contribution is 0.00299. The van der Waals surface area contributed by atoms with Crippen LogP contribution >= 0.6 is 0 Å². The van der Waals surface area contributed by atoms with Crippen LogP contribution in [-0.4, -0.2) is 35.1 Å². The lowest BCUT2D eigenvalue weighted by atomic mass is 10.0. The molecule has 0 saturated heterocycles. The molecule has 0 spiro atoms. The van der Waals surface area contributed by atoms with Crippen molar-refractivity contribution in [2.24, 2.45) is 0 Å². The molecule has 0 amide bonds. The molecule has 0 aliphatic carbocycles. The Morgan fingerprint density at radius 3 is 2.62 bits per heavy atom. The second-order valence-corrected chi connectivity index (χ2v) is 3.41. The molecule has 16 heavy (non-hydrogen) atoms. The summed E-state index contributed by atoms with van der Waals surface area (Å²) >= 11 is 0. The molecule has 2 unspecified atom stereocenters. The van der Waals surface area contributed by atoms with Gasteiger partial charge in [-0.25, -0.2) is 4.39 Å². The van der Waals surface area contributed by atoms with Crippen LogP contribution in [0.1, 0.15) is 18.1 Å². The van der Waals surface area contributed by atoms with Crippen molar-refractivity contribution >= 4 is 0 Å². The molecule has 4 nitrogen and oxygen atoms in total. The van der Waals surface area contributed by atoms with E-state index in [0.717, 1.165) is 6.07 Å². The van der Waals surface area contributed by atoms with Crippen LogP contribution in [0.25, 0.3) is 0 Å². The van der Waals surface area contributed by atoms with Crippen LogP contribution < -0.4 is 4.74 Å². The van der Waals surface area contributed by atoms with Gasteiger partial charge in [0.1, 0.15) is 17.7 Å². The molecule has 1 aromatic rings. The fraction of sp³-hybridized carbons (Fsp3) is 0.455. The third-order valence-electron chi connectivity index (χ3n) is 2.30. The third-order valence-corrected chi connectivity index (χ3v) is 2.30. The summed E-state index contributed by atoms with van der Waals surface area (Å²) in [5.41, 5.74) is 0.296. The SMILES string of the molecule is COc1cc(F)ccc1C(O)C(O)CCO. The Morgan fingerprint density at radius 2 is 2.06 bits per heavy atom. The number of hydrogen-bond acceptors (Lipinski definition) is 4. The first kappa shape index (κ1) is 12.9. The van der Waals surface area contributed by atoms with Crippen molar-refractivity contribution in [2.75, 3.05) is 13.7 Å². The number of methoxy groups -OCH3 is 1. The molecule has 1 aromatic carbocycles. The first-order valence-corrected chi connectivity index (χ1v) is 4.90. The highest BCUT2D eigenvalue weighted by molar-refractivity contribution is 5.36. The van der Waals surface area contributed by atoms with Crippen LogP contribution in [0, 0.1) is 5.82 Å². The molecule has 0 radical (unpaired) electrons. The number of hydrogen-bond donors (Lipinski definition) is 3. The van der Waals surface area contributed by atoms with Gasteiger partial charge in [-0.1, -0.05) is 0 Å². The van der Waals surface area contributed by atoms with E-state index in [1.54, 1.807) is 0 Å². The first-order chi connectivity index (χ1) is 7.60. The van der Waals surface area contributed by atoms with Crippen LogP contribution in [0.3, 0.4) is 0 Å². The molecule has 5 heteroatoms. The molecule has 2 atom stereocenters. The quantitative estimate of drug-likeness (QED) is 0.693. The van der Waals surface area contributed by atoms with Gasteiger partial charge in [-0.05, 0) is 18.6 Å². The average molecular weight is 230 g/mol. The molecular formula is C11H15FO4. The van der Waals surface area contributed by atoms with Gasteiger partial charge in [-0.3, -0.25) is 0 Å². The normalized spacial score (nSPS) is 14.6. The zero-order chi connectivity index (χ0) is 12.1. The summed E-state index contributed by atoms with van der Waals surface area (Å²) in [6.07, 6.45) is -2.27. The topological polar surface area (TPSA) is 69.9 Å². The van der Waals surface area contributed by atoms with Gasteiger partial charge in [-0.2, -0.15) is 0 Å². The maximum atomic E-state index is 12.9. The highest BCUT2D eigenvalue weighted by Gasteiger charge is 2.21. The zero-order valence-electron chi connectivity index (χ0n) is 8.93. The minimum Gasteiger partial charge on any atom is -0.496 e. The lowest BCUT2D eigenvalue weighted by Crippen LogP contribution is -2.20. The Kier molecular flexibility index (Phi) is 4.67. The van der Waals surface area contributed by atoms with Gasteiger partial charge in [0, 0.05) is 18.2 Å². The van der Waals surface area contributed by atoms with Crippen LogP contribution in [0.15, 0.2) is 18.2 Å². The minimum absolute atomic E-state index is 0.0434. The summed E-state index contributed by atoms with van der Waals surface area (Å²) in [5.74, 6) is -0.311. The fourth-order valence-corrected chi connectivity index (χ4v) is 1.43. The molecular weight excluding hydrogens is 215 g/mol. The Balaban J connectivity index is 2.93. The van der Waals surface area contributed by atoms with E-state index in [1.165, 1.54) is 19.2 Å². The Morgan fingerprint density at radius 1 is 1.38 bits per heavy atom. The van der Waals surface area contributed by atoms with E-state index in [1.807, 2.05) is 0 Å². The zero-order valence-corrected chi connectivity index (χ0v) is 8.93. The van der Waals surface area contributed by atoms with E-state index < -0.39 is 18.0 Å². The highest BCUT2D eigenvalue weighted by atomic mass is 19.1. The molecule has 0 heterocycles. The van der Waals surface area contributed by atoms with Gasteiger partial charge in [0.25, 0.3) is 0 Å². The summed E-state index contributed by atoms with van der Waals surface area (Å²) in [5, 5.41) is 27.9. The van der Waals surface area contributed by atoms with E-state index in [-0.39, 0.29) is 18.8 Å². The van der Waals surface area contributed by atoms with Crippen molar-refractivity contribution in [3.8, 4) is 5.75 Å². The first-order valence-electron chi connectivity index (χ1n) is 4.90. The standard InChI is InChI=1S/C11H15FO4/c1-16-10-6-7(12)2-3-8(10)11(15)9(14)4-5-13/h2-3,6,9,11,13-15H,4-5H2,1H3. The Labute approximate surface area is 92.9 Å². The van der Waals surface area contributed by atoms with Gasteiger partial charge >= 0.3 is 0 Å². The number of rotatable bonds is 5. The van der Waals surface area contributed by atoms with Crippen LogP contribution in [-0.2, 0) is 0 Å². The summed E-state index contributed by atoms with van der Waals surface area (Å²) < 4.78 is 17.8. The smallest absolute Gasteiger partial charge is 0.127 e. The number of benzene rings is 1. The fourth-order valence-electron chi connectivity index (χ4n) is 1.43. The average Bonchev–Trinajstić information content (AvgIpc) is 2.28. The predicted octanol–water partition coefficient (Wildman–Crippen LogP) is 0.611.